The molecule has 0 saturated carbocycles. The number of rotatable bonds is 4. The molecule has 2 aliphatic heterocycles. The molecule has 1 saturated heterocycles. The molecule has 0 spiro atoms. The molecule has 0 aliphatic carbocycles. The molecule has 2 amide bonds. The van der Waals surface area contributed by atoms with Gasteiger partial charge in [-0.15, -0.1) is 0 Å². The van der Waals surface area contributed by atoms with Gasteiger partial charge in [-0.2, -0.15) is 0 Å². The van der Waals surface area contributed by atoms with Crippen LogP contribution in [0.15, 0.2) is 59.6 Å². The number of carbonyl (C=O) groups is 2. The molecule has 2 heterocycles. The monoisotopic (exact) mass is 405 g/mol. The van der Waals surface area contributed by atoms with Gasteiger partial charge in [0.25, 0.3) is 0 Å². The fourth-order valence-corrected chi connectivity index (χ4v) is 3.78. The summed E-state index contributed by atoms with van der Waals surface area (Å²) in [6, 6.07) is 17.3. The lowest BCUT2D eigenvalue weighted by Crippen LogP contribution is -2.56. The molecule has 1 atom stereocenters. The summed E-state index contributed by atoms with van der Waals surface area (Å²) >= 11 is 0. The van der Waals surface area contributed by atoms with Gasteiger partial charge in [-0.1, -0.05) is 48.5 Å². The van der Waals surface area contributed by atoms with Crippen molar-refractivity contribution in [1.82, 2.24) is 15.1 Å². The van der Waals surface area contributed by atoms with E-state index < -0.39 is 6.04 Å². The maximum atomic E-state index is 12.7. The zero-order chi connectivity index (χ0) is 20.9. The Kier molecular flexibility index (Phi) is 6.09. The van der Waals surface area contributed by atoms with Crippen LogP contribution in [0.4, 0.5) is 5.69 Å². The molecule has 156 valence electrons. The number of hydrogen-bond acceptors (Lipinski definition) is 5. The minimum atomic E-state index is -0.712. The molecule has 30 heavy (non-hydrogen) atoms. The van der Waals surface area contributed by atoms with E-state index >= 15 is 0 Å². The zero-order valence-electron chi connectivity index (χ0n) is 17.2. The third-order valence-corrected chi connectivity index (χ3v) is 5.53. The van der Waals surface area contributed by atoms with Gasteiger partial charge >= 0.3 is 0 Å². The summed E-state index contributed by atoms with van der Waals surface area (Å²) in [7, 11) is 0. The summed E-state index contributed by atoms with van der Waals surface area (Å²) in [5.41, 5.74) is 3.02. The Labute approximate surface area is 176 Å². The van der Waals surface area contributed by atoms with Gasteiger partial charge in [0.05, 0.1) is 6.42 Å². The summed E-state index contributed by atoms with van der Waals surface area (Å²) in [6.45, 7) is 6.13. The van der Waals surface area contributed by atoms with E-state index in [1.165, 1.54) is 5.56 Å². The Morgan fingerprint density at radius 1 is 1.07 bits per heavy atom. The van der Waals surface area contributed by atoms with Crippen LogP contribution < -0.4 is 10.6 Å². The summed E-state index contributed by atoms with van der Waals surface area (Å²) in [6.07, 6.45) is 0.0647. The third-order valence-electron chi connectivity index (χ3n) is 5.53. The largest absolute Gasteiger partial charge is 0.340 e. The van der Waals surface area contributed by atoms with Crippen molar-refractivity contribution >= 4 is 23.5 Å². The number of piperazine rings is 1. The van der Waals surface area contributed by atoms with Crippen LogP contribution in [-0.2, 0) is 16.1 Å². The van der Waals surface area contributed by atoms with Gasteiger partial charge in [-0.25, -0.2) is 4.99 Å². The van der Waals surface area contributed by atoms with Crippen LogP contribution in [-0.4, -0.2) is 59.8 Å². The maximum Gasteiger partial charge on any atom is 0.249 e. The second kappa shape index (κ2) is 9.09. The van der Waals surface area contributed by atoms with Crippen molar-refractivity contribution < 1.29 is 9.59 Å². The SMILES string of the molecule is Cc1ccccc1NC(=O)[C@@H]1CC(=O)NC(N2CCN(Cc3ccccc3)CC2)=N1. The average Bonchev–Trinajstić information content (AvgIpc) is 2.76. The topological polar surface area (TPSA) is 77.0 Å². The molecule has 7 nitrogen and oxygen atoms in total. The molecule has 2 aromatic carbocycles. The van der Waals surface area contributed by atoms with Crippen molar-refractivity contribution in [2.75, 3.05) is 31.5 Å². The number of carbonyl (C=O) groups excluding carboxylic acids is 2. The first kappa shape index (κ1) is 20.1. The molecule has 2 N–H and O–H groups in total. The number of benzene rings is 2. The number of amides is 2. The fraction of sp³-hybridized carbons (Fsp3) is 0.348. The highest BCUT2D eigenvalue weighted by Gasteiger charge is 2.30. The molecule has 0 unspecified atom stereocenters. The number of aliphatic imine (C=N–C) groups is 1. The first-order valence-corrected chi connectivity index (χ1v) is 10.3. The Balaban J connectivity index is 1.37. The molecule has 1 fully saturated rings. The highest BCUT2D eigenvalue weighted by atomic mass is 16.2. The summed E-state index contributed by atoms with van der Waals surface area (Å²) in [5.74, 6) is 0.0894. The number of anilines is 1. The Bertz CT molecular complexity index is 936. The lowest BCUT2D eigenvalue weighted by molar-refractivity contribution is -0.125. The molecular formula is C23H27N5O2. The van der Waals surface area contributed by atoms with E-state index in [9.17, 15) is 9.59 Å². The van der Waals surface area contributed by atoms with Crippen LogP contribution in [0, 0.1) is 6.92 Å². The predicted molar refractivity (Wildman–Crippen MR) is 117 cm³/mol. The standard InChI is InChI=1S/C23H27N5O2/c1-17-7-5-6-10-19(17)24-22(30)20-15-21(29)26-23(25-20)28-13-11-27(12-14-28)16-18-8-3-2-4-9-18/h2-10,20H,11-16H2,1H3,(H,24,30)(H,25,26,29)/t20-/m0/s1. The normalized spacial score (nSPS) is 19.8. The van der Waals surface area contributed by atoms with Crippen LogP contribution in [0.1, 0.15) is 17.5 Å². The lowest BCUT2D eigenvalue weighted by atomic mass is 10.1. The molecule has 4 rings (SSSR count). The molecule has 0 radical (unpaired) electrons. The van der Waals surface area contributed by atoms with Gasteiger partial charge in [-0.05, 0) is 24.1 Å². The van der Waals surface area contributed by atoms with Gasteiger partial charge < -0.3 is 10.2 Å². The molecule has 0 aromatic heterocycles. The minimum absolute atomic E-state index is 0.0647. The third kappa shape index (κ3) is 4.86. The van der Waals surface area contributed by atoms with Crippen LogP contribution >= 0.6 is 0 Å². The quantitative estimate of drug-likeness (QED) is 0.816. The maximum absolute atomic E-state index is 12.7. The summed E-state index contributed by atoms with van der Waals surface area (Å²) in [5, 5.41) is 5.75. The Hall–Kier alpha value is -3.19. The van der Waals surface area contributed by atoms with Crippen molar-refractivity contribution in [2.45, 2.75) is 25.9 Å². The van der Waals surface area contributed by atoms with Gasteiger partial charge in [0, 0.05) is 38.4 Å². The van der Waals surface area contributed by atoms with E-state index in [4.69, 9.17) is 0 Å². The summed E-state index contributed by atoms with van der Waals surface area (Å²) in [4.78, 5) is 34.0. The molecular weight excluding hydrogens is 378 g/mol. The van der Waals surface area contributed by atoms with E-state index in [0.717, 1.165) is 44.0 Å². The van der Waals surface area contributed by atoms with E-state index in [-0.39, 0.29) is 18.2 Å². The lowest BCUT2D eigenvalue weighted by Gasteiger charge is -2.37. The zero-order valence-corrected chi connectivity index (χ0v) is 17.2. The number of nitrogens with one attached hydrogen (secondary N) is 2. The highest BCUT2D eigenvalue weighted by molar-refractivity contribution is 6.06. The van der Waals surface area contributed by atoms with E-state index in [1.807, 2.05) is 37.3 Å². The first-order chi connectivity index (χ1) is 14.6. The number of para-hydroxylation sites is 1. The second-order valence-electron chi connectivity index (χ2n) is 7.77. The van der Waals surface area contributed by atoms with E-state index in [2.05, 4.69) is 49.7 Å². The van der Waals surface area contributed by atoms with Crippen LogP contribution in [0.5, 0.6) is 0 Å². The average molecular weight is 406 g/mol. The van der Waals surface area contributed by atoms with Gasteiger partial charge in [0.2, 0.25) is 17.8 Å². The second-order valence-corrected chi connectivity index (χ2v) is 7.77. The van der Waals surface area contributed by atoms with Gasteiger partial charge in [-0.3, -0.25) is 19.8 Å². The smallest absolute Gasteiger partial charge is 0.249 e. The first-order valence-electron chi connectivity index (χ1n) is 10.3. The Morgan fingerprint density at radius 3 is 2.50 bits per heavy atom. The number of guanidine groups is 1. The molecule has 0 bridgehead atoms. The predicted octanol–water partition coefficient (Wildman–Crippen LogP) is 2.00. The van der Waals surface area contributed by atoms with Crippen molar-refractivity contribution in [1.29, 1.82) is 0 Å². The molecule has 2 aromatic rings. The van der Waals surface area contributed by atoms with E-state index in [1.54, 1.807) is 0 Å². The van der Waals surface area contributed by atoms with Crippen LogP contribution in [0.3, 0.4) is 0 Å². The molecule has 2 aliphatic rings. The Morgan fingerprint density at radius 2 is 1.77 bits per heavy atom. The summed E-state index contributed by atoms with van der Waals surface area (Å²) < 4.78 is 0. The van der Waals surface area contributed by atoms with Gasteiger partial charge in [0.15, 0.2) is 0 Å². The van der Waals surface area contributed by atoms with Crippen molar-refractivity contribution in [3.8, 4) is 0 Å². The van der Waals surface area contributed by atoms with Crippen molar-refractivity contribution in [3.63, 3.8) is 0 Å². The highest BCUT2D eigenvalue weighted by Crippen LogP contribution is 2.16. The molecule has 7 heteroatoms. The minimum Gasteiger partial charge on any atom is -0.340 e. The van der Waals surface area contributed by atoms with Crippen LogP contribution in [0.25, 0.3) is 0 Å². The number of aryl methyl sites for hydroxylation is 1. The van der Waals surface area contributed by atoms with Crippen LogP contribution in [0.2, 0.25) is 0 Å². The van der Waals surface area contributed by atoms with Crippen molar-refractivity contribution in [2.24, 2.45) is 4.99 Å². The van der Waals surface area contributed by atoms with Gasteiger partial charge in [0.1, 0.15) is 6.04 Å². The fourth-order valence-electron chi connectivity index (χ4n) is 3.78. The van der Waals surface area contributed by atoms with E-state index in [0.29, 0.717) is 5.96 Å². The number of nitrogens with zero attached hydrogens (tertiary/aromatic N) is 3. The number of hydrogen-bond donors (Lipinski definition) is 2. The van der Waals surface area contributed by atoms with Crippen molar-refractivity contribution in [3.05, 3.63) is 65.7 Å².